The van der Waals surface area contributed by atoms with E-state index < -0.39 is 12.1 Å². The van der Waals surface area contributed by atoms with E-state index >= 15 is 0 Å². The predicted octanol–water partition coefficient (Wildman–Crippen LogP) is 0.529. The number of nitrogens with zero attached hydrogens (tertiary/aromatic N) is 1. The molecule has 1 aliphatic heterocycles. The van der Waals surface area contributed by atoms with Gasteiger partial charge in [0.25, 0.3) is 5.91 Å². The third-order valence-corrected chi connectivity index (χ3v) is 2.92. The molecule has 1 rings (SSSR count). The molecule has 1 saturated heterocycles. The van der Waals surface area contributed by atoms with Crippen LogP contribution in [0.2, 0.25) is 0 Å². The zero-order valence-electron chi connectivity index (χ0n) is 9.73. The van der Waals surface area contributed by atoms with E-state index in [9.17, 15) is 9.59 Å². The van der Waals surface area contributed by atoms with Gasteiger partial charge in [0.15, 0.2) is 5.11 Å². The van der Waals surface area contributed by atoms with Gasteiger partial charge >= 0.3 is 6.09 Å². The second-order valence-electron chi connectivity index (χ2n) is 3.82. The number of amides is 2. The predicted molar refractivity (Wildman–Crippen MR) is 66.8 cm³/mol. The first-order chi connectivity index (χ1) is 8.06. The van der Waals surface area contributed by atoms with E-state index in [4.69, 9.17) is 17.3 Å². The van der Waals surface area contributed by atoms with Crippen molar-refractivity contribution < 1.29 is 14.7 Å². The Bertz CT molecular complexity index is 322. The normalized spacial score (nSPS) is 20.6. The molecule has 1 atom stereocenters. The summed E-state index contributed by atoms with van der Waals surface area (Å²) in [5, 5.41) is 14.2. The summed E-state index contributed by atoms with van der Waals surface area (Å²) in [4.78, 5) is 24.1. The Hall–Kier alpha value is -1.37. The van der Waals surface area contributed by atoms with E-state index in [0.29, 0.717) is 24.6 Å². The van der Waals surface area contributed by atoms with Gasteiger partial charge in [-0.25, -0.2) is 4.79 Å². The molecule has 1 heterocycles. The number of rotatable bonds is 2. The van der Waals surface area contributed by atoms with Gasteiger partial charge in [0.1, 0.15) is 6.04 Å². The lowest BCUT2D eigenvalue weighted by Gasteiger charge is -2.24. The van der Waals surface area contributed by atoms with Crippen molar-refractivity contribution in [3.63, 3.8) is 0 Å². The van der Waals surface area contributed by atoms with Gasteiger partial charge in [0.05, 0.1) is 0 Å². The van der Waals surface area contributed by atoms with Gasteiger partial charge in [-0.3, -0.25) is 9.69 Å². The molecule has 1 aliphatic rings. The van der Waals surface area contributed by atoms with Crippen molar-refractivity contribution in [2.75, 3.05) is 13.1 Å². The Morgan fingerprint density at radius 3 is 2.88 bits per heavy atom. The fourth-order valence-electron chi connectivity index (χ4n) is 1.77. The SMILES string of the molecule is CCNC(=S)N1CCCC[C@H](NC(=O)O)C1=O. The third-order valence-electron chi connectivity index (χ3n) is 2.56. The zero-order valence-corrected chi connectivity index (χ0v) is 10.5. The van der Waals surface area contributed by atoms with Crippen LogP contribution < -0.4 is 10.6 Å². The Morgan fingerprint density at radius 1 is 1.59 bits per heavy atom. The van der Waals surface area contributed by atoms with Crippen LogP contribution in [0.25, 0.3) is 0 Å². The van der Waals surface area contributed by atoms with Crippen LogP contribution in [-0.2, 0) is 4.79 Å². The van der Waals surface area contributed by atoms with Crippen molar-refractivity contribution in [2.24, 2.45) is 0 Å². The molecule has 6 nitrogen and oxygen atoms in total. The molecule has 0 aromatic rings. The van der Waals surface area contributed by atoms with Gasteiger partial charge in [-0.2, -0.15) is 0 Å². The van der Waals surface area contributed by atoms with E-state index in [-0.39, 0.29) is 5.91 Å². The van der Waals surface area contributed by atoms with Crippen LogP contribution >= 0.6 is 12.2 Å². The standard InChI is InChI=1S/C10H17N3O3S/c1-2-11-9(17)13-6-4-3-5-7(8(13)14)12-10(15)16/h7,12H,2-6H2,1H3,(H,11,17)(H,15,16)/t7-/m0/s1. The van der Waals surface area contributed by atoms with Crippen molar-refractivity contribution in [2.45, 2.75) is 32.2 Å². The average Bonchev–Trinajstić information content (AvgIpc) is 2.42. The second-order valence-corrected chi connectivity index (χ2v) is 4.21. The van der Waals surface area contributed by atoms with Gasteiger partial charge in [-0.15, -0.1) is 0 Å². The maximum absolute atomic E-state index is 12.1. The van der Waals surface area contributed by atoms with E-state index in [1.54, 1.807) is 0 Å². The van der Waals surface area contributed by atoms with Crippen LogP contribution in [0.1, 0.15) is 26.2 Å². The Labute approximate surface area is 105 Å². The number of carbonyl (C=O) groups is 2. The first kappa shape index (κ1) is 13.7. The molecule has 0 bridgehead atoms. The van der Waals surface area contributed by atoms with Gasteiger partial charge in [0, 0.05) is 13.1 Å². The van der Waals surface area contributed by atoms with Crippen LogP contribution in [0, 0.1) is 0 Å². The molecule has 0 aliphatic carbocycles. The van der Waals surface area contributed by atoms with Gasteiger partial charge in [0.2, 0.25) is 0 Å². The lowest BCUT2D eigenvalue weighted by molar-refractivity contribution is -0.129. The monoisotopic (exact) mass is 259 g/mol. The Kier molecular flexibility index (Phi) is 5.14. The molecule has 0 aromatic carbocycles. The minimum Gasteiger partial charge on any atom is -0.465 e. The summed E-state index contributed by atoms with van der Waals surface area (Å²) in [6, 6.07) is -0.688. The van der Waals surface area contributed by atoms with Crippen LogP contribution in [-0.4, -0.2) is 46.3 Å². The number of carboxylic acid groups (broad SMARTS) is 1. The fourth-order valence-corrected chi connectivity index (χ4v) is 2.10. The molecule has 17 heavy (non-hydrogen) atoms. The topological polar surface area (TPSA) is 81.7 Å². The van der Waals surface area contributed by atoms with E-state index in [2.05, 4.69) is 10.6 Å². The third kappa shape index (κ3) is 3.85. The molecular formula is C10H17N3O3S. The number of carbonyl (C=O) groups excluding carboxylic acids is 1. The van der Waals surface area contributed by atoms with E-state index in [1.807, 2.05) is 6.92 Å². The van der Waals surface area contributed by atoms with E-state index in [1.165, 1.54) is 4.90 Å². The van der Waals surface area contributed by atoms with Crippen molar-refractivity contribution in [3.8, 4) is 0 Å². The molecule has 96 valence electrons. The Balaban J connectivity index is 2.73. The highest BCUT2D eigenvalue weighted by molar-refractivity contribution is 7.80. The minimum atomic E-state index is -1.18. The van der Waals surface area contributed by atoms with E-state index in [0.717, 1.165) is 12.8 Å². The first-order valence-electron chi connectivity index (χ1n) is 5.65. The number of hydrogen-bond donors (Lipinski definition) is 3. The quantitative estimate of drug-likeness (QED) is 0.630. The molecule has 0 spiro atoms. The summed E-state index contributed by atoms with van der Waals surface area (Å²) in [6.07, 6.45) is 0.979. The van der Waals surface area contributed by atoms with Crippen LogP contribution in [0.3, 0.4) is 0 Å². The highest BCUT2D eigenvalue weighted by atomic mass is 32.1. The lowest BCUT2D eigenvalue weighted by atomic mass is 10.1. The zero-order chi connectivity index (χ0) is 12.8. The van der Waals surface area contributed by atoms with Crippen LogP contribution in [0.15, 0.2) is 0 Å². The summed E-state index contributed by atoms with van der Waals surface area (Å²) in [5.74, 6) is -0.268. The number of nitrogens with one attached hydrogen (secondary N) is 2. The summed E-state index contributed by atoms with van der Waals surface area (Å²) >= 11 is 5.10. The molecule has 0 saturated carbocycles. The molecular weight excluding hydrogens is 242 g/mol. The summed E-state index contributed by atoms with van der Waals surface area (Å²) in [5.41, 5.74) is 0. The first-order valence-corrected chi connectivity index (χ1v) is 6.05. The van der Waals surface area contributed by atoms with Crippen molar-refractivity contribution in [3.05, 3.63) is 0 Å². The molecule has 2 amide bonds. The summed E-state index contributed by atoms with van der Waals surface area (Å²) < 4.78 is 0. The highest BCUT2D eigenvalue weighted by Gasteiger charge is 2.30. The average molecular weight is 259 g/mol. The Morgan fingerprint density at radius 2 is 2.29 bits per heavy atom. The fraction of sp³-hybridized carbons (Fsp3) is 0.700. The molecule has 1 fully saturated rings. The molecule has 0 aromatic heterocycles. The van der Waals surface area contributed by atoms with Crippen molar-refractivity contribution >= 4 is 29.3 Å². The van der Waals surface area contributed by atoms with Crippen LogP contribution in [0.4, 0.5) is 4.79 Å². The number of likely N-dealkylation sites (tertiary alicyclic amines) is 1. The molecule has 0 unspecified atom stereocenters. The smallest absolute Gasteiger partial charge is 0.405 e. The minimum absolute atomic E-state index is 0.268. The van der Waals surface area contributed by atoms with Gasteiger partial charge < -0.3 is 15.7 Å². The van der Waals surface area contributed by atoms with Crippen molar-refractivity contribution in [1.82, 2.24) is 15.5 Å². The lowest BCUT2D eigenvalue weighted by Crippen LogP contribution is -2.51. The second kappa shape index (κ2) is 6.39. The maximum atomic E-state index is 12.1. The number of hydrogen-bond acceptors (Lipinski definition) is 3. The largest absolute Gasteiger partial charge is 0.465 e. The molecule has 3 N–H and O–H groups in total. The molecule has 0 radical (unpaired) electrons. The highest BCUT2D eigenvalue weighted by Crippen LogP contribution is 2.12. The van der Waals surface area contributed by atoms with Gasteiger partial charge in [-0.1, -0.05) is 0 Å². The molecule has 7 heteroatoms. The summed E-state index contributed by atoms with van der Waals surface area (Å²) in [6.45, 7) is 3.07. The van der Waals surface area contributed by atoms with Crippen molar-refractivity contribution in [1.29, 1.82) is 0 Å². The maximum Gasteiger partial charge on any atom is 0.405 e. The van der Waals surface area contributed by atoms with Gasteiger partial charge in [-0.05, 0) is 38.4 Å². The number of thiocarbonyl (C=S) groups is 1. The summed E-state index contributed by atoms with van der Waals surface area (Å²) in [7, 11) is 0. The van der Waals surface area contributed by atoms with Crippen LogP contribution in [0.5, 0.6) is 0 Å².